The number of likely N-dealkylation sites (N-methyl/N-ethyl adjacent to an activating group) is 1. The third-order valence-electron chi connectivity index (χ3n) is 2.07. The van der Waals surface area contributed by atoms with Gasteiger partial charge in [-0.2, -0.15) is 0 Å². The quantitative estimate of drug-likeness (QED) is 0.840. The molecule has 0 aliphatic rings. The number of aryl methyl sites for hydroxylation is 1. The fourth-order valence-corrected chi connectivity index (χ4v) is 1.86. The van der Waals surface area contributed by atoms with E-state index in [1.54, 1.807) is 30.3 Å². The number of hydrogen-bond acceptors (Lipinski definition) is 4. The van der Waals surface area contributed by atoms with Crippen molar-refractivity contribution in [1.29, 1.82) is 0 Å². The summed E-state index contributed by atoms with van der Waals surface area (Å²) in [6.07, 6.45) is 1.85. The molecular weight excluding hydrogens is 210 g/mol. The van der Waals surface area contributed by atoms with Gasteiger partial charge in [-0.05, 0) is 13.8 Å². The minimum absolute atomic E-state index is 0.0788. The molecule has 1 aromatic rings. The lowest BCUT2D eigenvalue weighted by atomic mass is 10.3. The van der Waals surface area contributed by atoms with Crippen LogP contribution >= 0.6 is 11.3 Å². The Balaban J connectivity index is 2.43. The van der Waals surface area contributed by atoms with Crippen molar-refractivity contribution >= 4 is 17.2 Å². The molecule has 4 nitrogen and oxygen atoms in total. The zero-order valence-corrected chi connectivity index (χ0v) is 10.4. The van der Waals surface area contributed by atoms with Crippen molar-refractivity contribution in [3.63, 3.8) is 0 Å². The van der Waals surface area contributed by atoms with Gasteiger partial charge >= 0.3 is 0 Å². The molecule has 0 spiro atoms. The number of aromatic nitrogens is 1. The predicted molar refractivity (Wildman–Crippen MR) is 62.0 cm³/mol. The Morgan fingerprint density at radius 1 is 1.67 bits per heavy atom. The van der Waals surface area contributed by atoms with E-state index >= 15 is 0 Å². The molecule has 5 heteroatoms. The van der Waals surface area contributed by atoms with Crippen LogP contribution in [0.3, 0.4) is 0 Å². The first-order chi connectivity index (χ1) is 7.00. The van der Waals surface area contributed by atoms with Crippen LogP contribution in [0.1, 0.15) is 22.9 Å². The summed E-state index contributed by atoms with van der Waals surface area (Å²) >= 11 is 1.66. The minimum Gasteiger partial charge on any atom is -0.348 e. The lowest BCUT2D eigenvalue weighted by Gasteiger charge is -2.14. The zero-order valence-electron chi connectivity index (χ0n) is 9.57. The number of rotatable bonds is 4. The molecule has 1 unspecified atom stereocenters. The fraction of sp³-hybridized carbons (Fsp3) is 0.600. The van der Waals surface area contributed by atoms with E-state index in [1.165, 1.54) is 4.88 Å². The number of amides is 1. The average Bonchev–Trinajstić information content (AvgIpc) is 2.60. The fourth-order valence-electron chi connectivity index (χ4n) is 1.06. The topological polar surface area (TPSA) is 45.2 Å². The van der Waals surface area contributed by atoms with Gasteiger partial charge < -0.3 is 4.90 Å². The Morgan fingerprint density at radius 2 is 2.33 bits per heavy atom. The van der Waals surface area contributed by atoms with Crippen LogP contribution in [0.5, 0.6) is 0 Å². The van der Waals surface area contributed by atoms with Gasteiger partial charge in [0.2, 0.25) is 5.91 Å². The third kappa shape index (κ3) is 3.60. The van der Waals surface area contributed by atoms with Gasteiger partial charge in [0.15, 0.2) is 0 Å². The monoisotopic (exact) mass is 227 g/mol. The van der Waals surface area contributed by atoms with Gasteiger partial charge in [0.25, 0.3) is 0 Å². The highest BCUT2D eigenvalue weighted by Crippen LogP contribution is 2.18. The molecule has 0 saturated heterocycles. The van der Waals surface area contributed by atoms with Crippen molar-refractivity contribution in [3.8, 4) is 0 Å². The van der Waals surface area contributed by atoms with E-state index in [1.807, 2.05) is 20.0 Å². The summed E-state index contributed by atoms with van der Waals surface area (Å²) < 4.78 is 0. The molecule has 1 heterocycles. The zero-order chi connectivity index (χ0) is 11.4. The molecular formula is C10H17N3OS. The normalized spacial score (nSPS) is 12.5. The van der Waals surface area contributed by atoms with E-state index < -0.39 is 0 Å². The number of nitrogens with zero attached hydrogens (tertiary/aromatic N) is 2. The van der Waals surface area contributed by atoms with Gasteiger partial charge in [-0.3, -0.25) is 10.1 Å². The number of carbonyl (C=O) groups excluding carboxylic acids is 1. The first kappa shape index (κ1) is 12.1. The van der Waals surface area contributed by atoms with E-state index in [-0.39, 0.29) is 11.9 Å². The van der Waals surface area contributed by atoms with E-state index in [0.717, 1.165) is 5.01 Å². The Labute approximate surface area is 94.3 Å². The molecule has 1 rings (SSSR count). The van der Waals surface area contributed by atoms with Gasteiger partial charge in [0, 0.05) is 25.2 Å². The smallest absolute Gasteiger partial charge is 0.236 e. The van der Waals surface area contributed by atoms with Gasteiger partial charge in [-0.1, -0.05) is 0 Å². The summed E-state index contributed by atoms with van der Waals surface area (Å²) in [6.45, 7) is 4.40. The van der Waals surface area contributed by atoms with Crippen LogP contribution in [0.25, 0.3) is 0 Å². The SMILES string of the molecule is Cc1cnc(C(C)NCC(=O)N(C)C)s1. The highest BCUT2D eigenvalue weighted by molar-refractivity contribution is 7.11. The van der Waals surface area contributed by atoms with Gasteiger partial charge in [0.05, 0.1) is 12.6 Å². The van der Waals surface area contributed by atoms with Crippen LogP contribution in [-0.4, -0.2) is 36.4 Å². The molecule has 0 aliphatic carbocycles. The van der Waals surface area contributed by atoms with E-state index in [4.69, 9.17) is 0 Å². The maximum absolute atomic E-state index is 11.3. The molecule has 1 amide bonds. The van der Waals surface area contributed by atoms with E-state index in [2.05, 4.69) is 10.3 Å². The molecule has 84 valence electrons. The van der Waals surface area contributed by atoms with Crippen molar-refractivity contribution in [2.75, 3.05) is 20.6 Å². The maximum atomic E-state index is 11.3. The molecule has 15 heavy (non-hydrogen) atoms. The van der Waals surface area contributed by atoms with Crippen LogP contribution in [0.2, 0.25) is 0 Å². The Bertz CT molecular complexity index is 335. The van der Waals surface area contributed by atoms with Crippen molar-refractivity contribution in [2.45, 2.75) is 19.9 Å². The lowest BCUT2D eigenvalue weighted by molar-refractivity contribution is -0.127. The highest BCUT2D eigenvalue weighted by Gasteiger charge is 2.11. The Hall–Kier alpha value is -0.940. The van der Waals surface area contributed by atoms with Crippen LogP contribution in [0.4, 0.5) is 0 Å². The summed E-state index contributed by atoms with van der Waals surface area (Å²) in [4.78, 5) is 18.4. The van der Waals surface area contributed by atoms with Gasteiger partial charge in [0.1, 0.15) is 5.01 Å². The third-order valence-corrected chi connectivity index (χ3v) is 3.16. The molecule has 0 aliphatic heterocycles. The molecule has 0 saturated carbocycles. The van der Waals surface area contributed by atoms with Crippen molar-refractivity contribution in [1.82, 2.24) is 15.2 Å². The number of thiazole rings is 1. The van der Waals surface area contributed by atoms with E-state index in [0.29, 0.717) is 6.54 Å². The Morgan fingerprint density at radius 3 is 2.80 bits per heavy atom. The largest absolute Gasteiger partial charge is 0.348 e. The van der Waals surface area contributed by atoms with Crippen LogP contribution in [0, 0.1) is 6.92 Å². The number of nitrogens with one attached hydrogen (secondary N) is 1. The molecule has 1 N–H and O–H groups in total. The molecule has 0 fully saturated rings. The average molecular weight is 227 g/mol. The summed E-state index contributed by atoms with van der Waals surface area (Å²) in [5.41, 5.74) is 0. The second-order valence-electron chi connectivity index (χ2n) is 3.70. The van der Waals surface area contributed by atoms with Gasteiger partial charge in [-0.15, -0.1) is 11.3 Å². The molecule has 1 aromatic heterocycles. The molecule has 0 bridgehead atoms. The van der Waals surface area contributed by atoms with Gasteiger partial charge in [-0.25, -0.2) is 4.98 Å². The first-order valence-electron chi connectivity index (χ1n) is 4.86. The van der Waals surface area contributed by atoms with Crippen LogP contribution in [-0.2, 0) is 4.79 Å². The number of hydrogen-bond donors (Lipinski definition) is 1. The second-order valence-corrected chi connectivity index (χ2v) is 4.97. The van der Waals surface area contributed by atoms with Crippen molar-refractivity contribution < 1.29 is 4.79 Å². The van der Waals surface area contributed by atoms with Crippen LogP contribution < -0.4 is 5.32 Å². The predicted octanol–water partition coefficient (Wildman–Crippen LogP) is 1.19. The molecule has 0 aromatic carbocycles. The van der Waals surface area contributed by atoms with Crippen molar-refractivity contribution in [2.24, 2.45) is 0 Å². The summed E-state index contributed by atoms with van der Waals surface area (Å²) in [5, 5.41) is 4.18. The molecule has 1 atom stereocenters. The number of carbonyl (C=O) groups is 1. The summed E-state index contributed by atoms with van der Waals surface area (Å²) in [6, 6.07) is 0.132. The molecule has 0 radical (unpaired) electrons. The second kappa shape index (κ2) is 5.23. The van der Waals surface area contributed by atoms with Crippen molar-refractivity contribution in [3.05, 3.63) is 16.1 Å². The minimum atomic E-state index is 0.0788. The standard InChI is InChI=1S/C10H17N3OS/c1-7-5-12-10(15-7)8(2)11-6-9(14)13(3)4/h5,8,11H,6H2,1-4H3. The maximum Gasteiger partial charge on any atom is 0.236 e. The highest BCUT2D eigenvalue weighted by atomic mass is 32.1. The first-order valence-corrected chi connectivity index (χ1v) is 5.68. The summed E-state index contributed by atoms with van der Waals surface area (Å²) in [5.74, 6) is 0.0788. The van der Waals surface area contributed by atoms with Crippen LogP contribution in [0.15, 0.2) is 6.20 Å². The van der Waals surface area contributed by atoms with E-state index in [9.17, 15) is 4.79 Å². The lowest BCUT2D eigenvalue weighted by Crippen LogP contribution is -2.34. The summed E-state index contributed by atoms with van der Waals surface area (Å²) in [7, 11) is 3.50. The Kier molecular flexibility index (Phi) is 4.23.